The van der Waals surface area contributed by atoms with Crippen LogP contribution in [0.2, 0.25) is 0 Å². The molecule has 1 N–H and O–H groups in total. The minimum Gasteiger partial charge on any atom is -0.497 e. The van der Waals surface area contributed by atoms with E-state index in [2.05, 4.69) is 6.07 Å². The Morgan fingerprint density at radius 3 is 2.39 bits per heavy atom. The molecule has 1 heterocycles. The lowest BCUT2D eigenvalue weighted by Gasteiger charge is -2.17. The van der Waals surface area contributed by atoms with E-state index in [0.29, 0.717) is 23.2 Å². The van der Waals surface area contributed by atoms with Crippen LogP contribution >= 0.6 is 0 Å². The van der Waals surface area contributed by atoms with Gasteiger partial charge < -0.3 is 9.84 Å². The number of nitrogens with zero attached hydrogens (tertiary/aromatic N) is 2. The van der Waals surface area contributed by atoms with Gasteiger partial charge in [0.05, 0.1) is 24.5 Å². The molecule has 5 rings (SSSR count). The minimum atomic E-state index is -0.909. The quantitative estimate of drug-likeness (QED) is 0.179. The van der Waals surface area contributed by atoms with E-state index in [9.17, 15) is 14.0 Å². The number of fused-ring (bicyclic) bond motifs is 1. The number of carbonyl (C=O) groups excluding carboxylic acids is 1. The lowest BCUT2D eigenvalue weighted by atomic mass is 10.0. The van der Waals surface area contributed by atoms with Gasteiger partial charge in [-0.2, -0.15) is 5.10 Å². The molecule has 0 saturated carbocycles. The van der Waals surface area contributed by atoms with Crippen LogP contribution in [0.3, 0.4) is 0 Å². The zero-order valence-electron chi connectivity index (χ0n) is 23.2. The number of hydrogen-bond acceptors (Lipinski definition) is 4. The molecule has 0 saturated heterocycles. The number of aromatic nitrogens is 2. The maximum Gasteiger partial charge on any atom is 0.303 e. The first-order chi connectivity index (χ1) is 19.7. The molecule has 0 radical (unpaired) electrons. The van der Waals surface area contributed by atoms with Gasteiger partial charge in [-0.1, -0.05) is 54.1 Å². The fourth-order valence-electron chi connectivity index (χ4n) is 5.02. The van der Waals surface area contributed by atoms with Gasteiger partial charge in [0.1, 0.15) is 11.6 Å². The van der Waals surface area contributed by atoms with Crippen molar-refractivity contribution in [3.63, 3.8) is 0 Å². The van der Waals surface area contributed by atoms with E-state index >= 15 is 0 Å². The number of halogens is 1. The molecule has 0 bridgehead atoms. The van der Waals surface area contributed by atoms with Crippen LogP contribution in [-0.4, -0.2) is 33.7 Å². The van der Waals surface area contributed by atoms with Gasteiger partial charge in [0.2, 0.25) is 0 Å². The predicted molar refractivity (Wildman–Crippen MR) is 158 cm³/mol. The molecule has 208 valence electrons. The number of Topliss-reactive ketones (excluding diaryl/α,β-unsaturated/α-hetero) is 1. The summed E-state index contributed by atoms with van der Waals surface area (Å²) < 4.78 is 22.2. The second-order valence-corrected chi connectivity index (χ2v) is 10.2. The number of benzene rings is 4. The molecule has 7 heteroatoms. The first kappa shape index (κ1) is 27.8. The maximum atomic E-state index is 14.9. The summed E-state index contributed by atoms with van der Waals surface area (Å²) in [5, 5.41) is 15.8. The van der Waals surface area contributed by atoms with Gasteiger partial charge in [-0.3, -0.25) is 14.3 Å². The van der Waals surface area contributed by atoms with Crippen LogP contribution in [0.5, 0.6) is 5.75 Å². The monoisotopic (exact) mass is 550 g/mol. The second kappa shape index (κ2) is 11.8. The summed E-state index contributed by atoms with van der Waals surface area (Å²) in [6.45, 7) is 3.94. The minimum absolute atomic E-state index is 0.0326. The number of ketones is 1. The maximum absolute atomic E-state index is 14.9. The van der Waals surface area contributed by atoms with Gasteiger partial charge in [0.25, 0.3) is 0 Å². The number of ether oxygens (including phenoxy) is 1. The Labute approximate surface area is 238 Å². The normalized spacial score (nSPS) is 11.9. The summed E-state index contributed by atoms with van der Waals surface area (Å²) in [6.07, 6.45) is 0.457. The smallest absolute Gasteiger partial charge is 0.303 e. The van der Waals surface area contributed by atoms with E-state index in [-0.39, 0.29) is 30.5 Å². The van der Waals surface area contributed by atoms with Crippen LogP contribution < -0.4 is 4.74 Å². The highest BCUT2D eigenvalue weighted by Gasteiger charge is 2.20. The summed E-state index contributed by atoms with van der Waals surface area (Å²) >= 11 is 0. The average molecular weight is 551 g/mol. The van der Waals surface area contributed by atoms with Crippen molar-refractivity contribution in [3.8, 4) is 28.3 Å². The Hall–Kier alpha value is -4.78. The van der Waals surface area contributed by atoms with Crippen molar-refractivity contribution < 1.29 is 23.8 Å². The van der Waals surface area contributed by atoms with Crippen molar-refractivity contribution in [3.05, 3.63) is 107 Å². The Balaban J connectivity index is 1.53. The zero-order chi connectivity index (χ0) is 29.1. The Morgan fingerprint density at radius 2 is 1.66 bits per heavy atom. The molecule has 0 fully saturated rings. The van der Waals surface area contributed by atoms with Gasteiger partial charge in [0, 0.05) is 29.5 Å². The SMILES string of the molecule is COc1ccc2cc(-c3cc(-c4cc(C)ccc4F)nn3C(C)c3ccc(C(=O)CCCC(=O)O)cc3)ccc2c1. The number of methoxy groups -OCH3 is 1. The summed E-state index contributed by atoms with van der Waals surface area (Å²) in [5.74, 6) is -0.552. The molecule has 0 aliphatic carbocycles. The van der Waals surface area contributed by atoms with Crippen LogP contribution in [0, 0.1) is 12.7 Å². The van der Waals surface area contributed by atoms with Crippen molar-refractivity contribution in [2.24, 2.45) is 0 Å². The molecule has 1 aromatic heterocycles. The predicted octanol–water partition coefficient (Wildman–Crippen LogP) is 7.87. The standard InChI is InChI=1S/C34H31FN2O4/c1-21-7-16-30(35)29(17-21)31-20-32(27-13-12-26-19-28(41-3)15-14-25(26)18-27)37(36-31)22(2)23-8-10-24(11-9-23)33(38)5-4-6-34(39)40/h7-20,22H,4-6H2,1-3H3,(H,39,40). The number of carbonyl (C=O) groups is 2. The zero-order valence-corrected chi connectivity index (χ0v) is 23.2. The van der Waals surface area contributed by atoms with Crippen LogP contribution in [0.25, 0.3) is 33.3 Å². The van der Waals surface area contributed by atoms with Gasteiger partial charge in [0.15, 0.2) is 5.78 Å². The summed E-state index contributed by atoms with van der Waals surface area (Å²) in [6, 6.07) is 26.1. The molecule has 4 aromatic carbocycles. The van der Waals surface area contributed by atoms with Gasteiger partial charge in [-0.15, -0.1) is 0 Å². The van der Waals surface area contributed by atoms with Crippen LogP contribution in [0.4, 0.5) is 4.39 Å². The van der Waals surface area contributed by atoms with Crippen molar-refractivity contribution in [1.29, 1.82) is 0 Å². The van der Waals surface area contributed by atoms with Crippen LogP contribution in [0.1, 0.15) is 53.7 Å². The fraction of sp³-hybridized carbons (Fsp3) is 0.206. The van der Waals surface area contributed by atoms with Crippen LogP contribution in [-0.2, 0) is 4.79 Å². The summed E-state index contributed by atoms with van der Waals surface area (Å²) in [7, 11) is 1.64. The fourth-order valence-corrected chi connectivity index (χ4v) is 5.02. The molecule has 0 aliphatic heterocycles. The molecule has 5 aromatic rings. The Morgan fingerprint density at radius 1 is 0.927 bits per heavy atom. The Kier molecular flexibility index (Phi) is 7.97. The summed E-state index contributed by atoms with van der Waals surface area (Å²) in [4.78, 5) is 23.3. The van der Waals surface area contributed by atoms with E-state index in [0.717, 1.165) is 38.9 Å². The molecule has 0 amide bonds. The molecule has 6 nitrogen and oxygen atoms in total. The van der Waals surface area contributed by atoms with Crippen molar-refractivity contribution in [2.75, 3.05) is 7.11 Å². The van der Waals surface area contributed by atoms with Crippen molar-refractivity contribution in [1.82, 2.24) is 9.78 Å². The molecule has 0 aliphatic rings. The first-order valence-electron chi connectivity index (χ1n) is 13.5. The summed E-state index contributed by atoms with van der Waals surface area (Å²) in [5.41, 5.74) is 5.15. The third-order valence-electron chi connectivity index (χ3n) is 7.35. The molecule has 0 spiro atoms. The molecule has 1 unspecified atom stereocenters. The van der Waals surface area contributed by atoms with E-state index in [4.69, 9.17) is 14.9 Å². The topological polar surface area (TPSA) is 81.4 Å². The number of aliphatic carboxylic acids is 1. The highest BCUT2D eigenvalue weighted by atomic mass is 19.1. The van der Waals surface area contributed by atoms with Gasteiger partial charge in [-0.05, 0) is 73.0 Å². The number of carboxylic acid groups (broad SMARTS) is 1. The Bertz CT molecular complexity index is 1740. The van der Waals surface area contributed by atoms with E-state index in [1.54, 1.807) is 31.4 Å². The lowest BCUT2D eigenvalue weighted by Crippen LogP contribution is -2.11. The van der Waals surface area contributed by atoms with E-state index in [1.807, 2.05) is 67.1 Å². The highest BCUT2D eigenvalue weighted by Crippen LogP contribution is 2.34. The van der Waals surface area contributed by atoms with E-state index < -0.39 is 5.97 Å². The third-order valence-corrected chi connectivity index (χ3v) is 7.35. The largest absolute Gasteiger partial charge is 0.497 e. The van der Waals surface area contributed by atoms with Gasteiger partial charge >= 0.3 is 5.97 Å². The van der Waals surface area contributed by atoms with Crippen molar-refractivity contribution >= 4 is 22.5 Å². The van der Waals surface area contributed by atoms with Gasteiger partial charge in [-0.25, -0.2) is 4.39 Å². The number of rotatable bonds is 10. The van der Waals surface area contributed by atoms with Crippen LogP contribution in [0.15, 0.2) is 84.9 Å². The number of carboxylic acids is 1. The number of aryl methyl sites for hydroxylation is 1. The average Bonchev–Trinajstić information content (AvgIpc) is 3.42. The molecule has 41 heavy (non-hydrogen) atoms. The number of hydrogen-bond donors (Lipinski definition) is 1. The first-order valence-corrected chi connectivity index (χ1v) is 13.5. The van der Waals surface area contributed by atoms with Crippen molar-refractivity contribution in [2.45, 2.75) is 39.2 Å². The molecule has 1 atom stereocenters. The second-order valence-electron chi connectivity index (χ2n) is 10.2. The lowest BCUT2D eigenvalue weighted by molar-refractivity contribution is -0.137. The molecular weight excluding hydrogens is 519 g/mol. The third kappa shape index (κ3) is 6.04. The highest BCUT2D eigenvalue weighted by molar-refractivity contribution is 5.96. The molecular formula is C34H31FN2O4. The van der Waals surface area contributed by atoms with E-state index in [1.165, 1.54) is 6.07 Å².